The highest BCUT2D eigenvalue weighted by molar-refractivity contribution is 9.10. The van der Waals surface area contributed by atoms with Crippen LogP contribution in [-0.4, -0.2) is 31.8 Å². The van der Waals surface area contributed by atoms with Crippen LogP contribution in [0.15, 0.2) is 56.5 Å². The Labute approximate surface area is 157 Å². The third kappa shape index (κ3) is 6.21. The zero-order chi connectivity index (χ0) is 17.3. The quantitative estimate of drug-likeness (QED) is 0.546. The monoisotopic (exact) mass is 405 g/mol. The smallest absolute Gasteiger partial charge is 0.191 e. The minimum atomic E-state index is 0.282. The summed E-state index contributed by atoms with van der Waals surface area (Å²) in [5.74, 6) is 1.78. The van der Waals surface area contributed by atoms with E-state index in [1.165, 1.54) is 5.56 Å². The number of hydrogen-bond acceptors (Lipinski definition) is 3. The maximum absolute atomic E-state index is 5.68. The van der Waals surface area contributed by atoms with Crippen molar-refractivity contribution in [2.45, 2.75) is 31.9 Å². The molecule has 2 N–H and O–H groups in total. The van der Waals surface area contributed by atoms with E-state index in [-0.39, 0.29) is 6.10 Å². The molecule has 2 heterocycles. The molecule has 1 aromatic carbocycles. The van der Waals surface area contributed by atoms with Crippen LogP contribution in [0, 0.1) is 0 Å². The minimum Gasteiger partial charge on any atom is -0.469 e. The normalized spacial score (nSPS) is 17.6. The van der Waals surface area contributed by atoms with E-state index in [1.54, 1.807) is 6.26 Å². The number of aliphatic imine (C=N–C) groups is 1. The van der Waals surface area contributed by atoms with Crippen molar-refractivity contribution in [1.82, 2.24) is 10.6 Å². The summed E-state index contributed by atoms with van der Waals surface area (Å²) in [6.45, 7) is 3.05. The summed E-state index contributed by atoms with van der Waals surface area (Å²) < 4.78 is 12.1. The number of hydrogen-bond donors (Lipinski definition) is 2. The Hall–Kier alpha value is -1.79. The Morgan fingerprint density at radius 2 is 2.08 bits per heavy atom. The van der Waals surface area contributed by atoms with Crippen LogP contribution in [-0.2, 0) is 17.7 Å². The van der Waals surface area contributed by atoms with Crippen molar-refractivity contribution in [3.8, 4) is 0 Å². The zero-order valence-electron chi connectivity index (χ0n) is 14.2. The molecule has 0 bridgehead atoms. The Morgan fingerprint density at radius 1 is 1.20 bits per heavy atom. The van der Waals surface area contributed by atoms with Gasteiger partial charge in [0.1, 0.15) is 5.76 Å². The summed E-state index contributed by atoms with van der Waals surface area (Å²) in [4.78, 5) is 4.70. The molecule has 0 saturated carbocycles. The van der Waals surface area contributed by atoms with Crippen LogP contribution in [0.3, 0.4) is 0 Å². The number of halogens is 1. The highest BCUT2D eigenvalue weighted by atomic mass is 79.9. The maximum atomic E-state index is 5.68. The number of rotatable bonds is 7. The summed E-state index contributed by atoms with van der Waals surface area (Å²) in [7, 11) is 0. The fourth-order valence-electron chi connectivity index (χ4n) is 2.71. The molecule has 134 valence electrons. The molecular weight excluding hydrogens is 382 g/mol. The maximum Gasteiger partial charge on any atom is 0.191 e. The fraction of sp³-hybridized carbons (Fsp3) is 0.421. The van der Waals surface area contributed by atoms with Crippen LogP contribution in [0.1, 0.15) is 24.2 Å². The van der Waals surface area contributed by atoms with Gasteiger partial charge in [0.2, 0.25) is 0 Å². The fourth-order valence-corrected chi connectivity index (χ4v) is 2.97. The molecule has 0 radical (unpaired) electrons. The van der Waals surface area contributed by atoms with Gasteiger partial charge in [-0.25, -0.2) is 4.99 Å². The molecule has 1 aliphatic heterocycles. The van der Waals surface area contributed by atoms with Crippen molar-refractivity contribution in [3.05, 3.63) is 58.5 Å². The lowest BCUT2D eigenvalue weighted by Gasteiger charge is -2.15. The van der Waals surface area contributed by atoms with Crippen molar-refractivity contribution in [2.75, 3.05) is 19.7 Å². The van der Waals surface area contributed by atoms with Gasteiger partial charge in [0.25, 0.3) is 0 Å². The van der Waals surface area contributed by atoms with E-state index < -0.39 is 0 Å². The Morgan fingerprint density at radius 3 is 2.80 bits per heavy atom. The van der Waals surface area contributed by atoms with Gasteiger partial charge in [0.15, 0.2) is 5.96 Å². The first kappa shape index (κ1) is 18.0. The molecule has 0 amide bonds. The molecule has 1 saturated heterocycles. The van der Waals surface area contributed by atoms with E-state index in [1.807, 2.05) is 24.3 Å². The van der Waals surface area contributed by atoms with Gasteiger partial charge in [-0.15, -0.1) is 0 Å². The topological polar surface area (TPSA) is 58.8 Å². The summed E-state index contributed by atoms with van der Waals surface area (Å²) in [6.07, 6.45) is 5.06. The van der Waals surface area contributed by atoms with E-state index in [0.29, 0.717) is 6.54 Å². The van der Waals surface area contributed by atoms with Crippen LogP contribution in [0.25, 0.3) is 0 Å². The SMILES string of the molecule is Brc1ccc(CN=C(NCCc2ccco2)NCC2CCCO2)cc1. The van der Waals surface area contributed by atoms with Gasteiger partial charge in [-0.05, 0) is 42.7 Å². The summed E-state index contributed by atoms with van der Waals surface area (Å²) >= 11 is 3.46. The minimum absolute atomic E-state index is 0.282. The molecule has 1 fully saturated rings. The third-order valence-electron chi connectivity index (χ3n) is 4.10. The highest BCUT2D eigenvalue weighted by Crippen LogP contribution is 2.12. The van der Waals surface area contributed by atoms with Crippen LogP contribution < -0.4 is 10.6 Å². The molecule has 2 aromatic rings. The van der Waals surface area contributed by atoms with Gasteiger partial charge in [0, 0.05) is 30.6 Å². The van der Waals surface area contributed by atoms with Gasteiger partial charge in [-0.3, -0.25) is 0 Å². The van der Waals surface area contributed by atoms with Crippen molar-refractivity contribution in [3.63, 3.8) is 0 Å². The van der Waals surface area contributed by atoms with Gasteiger partial charge in [0.05, 0.1) is 18.9 Å². The molecule has 0 spiro atoms. The van der Waals surface area contributed by atoms with Crippen molar-refractivity contribution in [2.24, 2.45) is 4.99 Å². The van der Waals surface area contributed by atoms with E-state index in [0.717, 1.165) is 55.2 Å². The predicted octanol–water partition coefficient (Wildman–Crippen LogP) is 3.50. The molecule has 6 heteroatoms. The second-order valence-electron chi connectivity index (χ2n) is 6.06. The highest BCUT2D eigenvalue weighted by Gasteiger charge is 2.15. The Kier molecular flexibility index (Phi) is 6.94. The Bertz CT molecular complexity index is 650. The first-order valence-electron chi connectivity index (χ1n) is 8.70. The lowest BCUT2D eigenvalue weighted by Crippen LogP contribution is -2.41. The average Bonchev–Trinajstić information content (AvgIpc) is 3.32. The summed E-state index contributed by atoms with van der Waals surface area (Å²) in [6, 6.07) is 12.1. The molecule has 1 unspecified atom stereocenters. The second-order valence-corrected chi connectivity index (χ2v) is 6.98. The number of furan rings is 1. The standard InChI is InChI=1S/C19H24BrN3O2/c20-16-7-5-15(6-8-16)13-22-19(23-14-18-4-2-12-25-18)21-10-9-17-3-1-11-24-17/h1,3,5-8,11,18H,2,4,9-10,12-14H2,(H2,21,22,23). The first-order chi connectivity index (χ1) is 12.3. The predicted molar refractivity (Wildman–Crippen MR) is 103 cm³/mol. The number of nitrogens with zero attached hydrogens (tertiary/aromatic N) is 1. The zero-order valence-corrected chi connectivity index (χ0v) is 15.8. The van der Waals surface area contributed by atoms with Crippen molar-refractivity contribution in [1.29, 1.82) is 0 Å². The van der Waals surface area contributed by atoms with Crippen LogP contribution in [0.2, 0.25) is 0 Å². The first-order valence-corrected chi connectivity index (χ1v) is 9.49. The number of ether oxygens (including phenoxy) is 1. The molecule has 0 aliphatic carbocycles. The molecule has 3 rings (SSSR count). The lowest BCUT2D eigenvalue weighted by atomic mass is 10.2. The van der Waals surface area contributed by atoms with Crippen molar-refractivity contribution >= 4 is 21.9 Å². The van der Waals surface area contributed by atoms with E-state index >= 15 is 0 Å². The second kappa shape index (κ2) is 9.63. The summed E-state index contributed by atoms with van der Waals surface area (Å²) in [5.41, 5.74) is 1.17. The van der Waals surface area contributed by atoms with Crippen molar-refractivity contribution < 1.29 is 9.15 Å². The van der Waals surface area contributed by atoms with Crippen LogP contribution in [0.5, 0.6) is 0 Å². The van der Waals surface area contributed by atoms with E-state index in [2.05, 4.69) is 38.7 Å². The largest absolute Gasteiger partial charge is 0.469 e. The number of benzene rings is 1. The molecule has 1 aliphatic rings. The molecular formula is C19H24BrN3O2. The van der Waals surface area contributed by atoms with Gasteiger partial charge in [-0.1, -0.05) is 28.1 Å². The lowest BCUT2D eigenvalue weighted by molar-refractivity contribution is 0.114. The van der Waals surface area contributed by atoms with Gasteiger partial charge < -0.3 is 19.8 Å². The van der Waals surface area contributed by atoms with Gasteiger partial charge >= 0.3 is 0 Å². The number of nitrogens with one attached hydrogen (secondary N) is 2. The van der Waals surface area contributed by atoms with Crippen LogP contribution in [0.4, 0.5) is 0 Å². The molecule has 5 nitrogen and oxygen atoms in total. The molecule has 25 heavy (non-hydrogen) atoms. The molecule has 1 atom stereocenters. The number of guanidine groups is 1. The Balaban J connectivity index is 1.53. The third-order valence-corrected chi connectivity index (χ3v) is 4.63. The molecule has 1 aromatic heterocycles. The average molecular weight is 406 g/mol. The summed E-state index contributed by atoms with van der Waals surface area (Å²) in [5, 5.41) is 6.78. The van der Waals surface area contributed by atoms with E-state index in [4.69, 9.17) is 14.1 Å². The van der Waals surface area contributed by atoms with E-state index in [9.17, 15) is 0 Å². The van der Waals surface area contributed by atoms with Gasteiger partial charge in [-0.2, -0.15) is 0 Å². The van der Waals surface area contributed by atoms with Crippen LogP contribution >= 0.6 is 15.9 Å².